The van der Waals surface area contributed by atoms with Gasteiger partial charge in [-0.1, -0.05) is 0 Å². The van der Waals surface area contributed by atoms with Crippen molar-refractivity contribution < 1.29 is 19.3 Å². The van der Waals surface area contributed by atoms with Crippen LogP contribution in [0.1, 0.15) is 13.8 Å². The van der Waals surface area contributed by atoms with Crippen molar-refractivity contribution in [1.82, 2.24) is 0 Å². The monoisotopic (exact) mass is 190 g/mol. The minimum atomic E-state index is -0.186. The topological polar surface area (TPSA) is 47.9 Å². The Morgan fingerprint density at radius 1 is 1.38 bits per heavy atom. The van der Waals surface area contributed by atoms with E-state index in [2.05, 4.69) is 0 Å². The Kier molecular flexibility index (Phi) is 4.66. The molecule has 1 saturated heterocycles. The van der Waals surface area contributed by atoms with E-state index in [0.717, 1.165) is 0 Å². The minimum Gasteiger partial charge on any atom is -0.394 e. The first-order valence-electron chi connectivity index (χ1n) is 4.68. The van der Waals surface area contributed by atoms with Crippen LogP contribution in [0.5, 0.6) is 0 Å². The van der Waals surface area contributed by atoms with Crippen LogP contribution in [0.15, 0.2) is 0 Å². The fourth-order valence-electron chi connectivity index (χ4n) is 1.16. The molecule has 4 nitrogen and oxygen atoms in total. The molecule has 0 aromatic heterocycles. The lowest BCUT2D eigenvalue weighted by molar-refractivity contribution is -0.171. The molecule has 0 amide bonds. The predicted octanol–water partition coefficient (Wildman–Crippen LogP) is 0.188. The Morgan fingerprint density at radius 3 is 2.69 bits per heavy atom. The summed E-state index contributed by atoms with van der Waals surface area (Å²) in [5.74, 6) is 0. The summed E-state index contributed by atoms with van der Waals surface area (Å²) in [6, 6.07) is 0. The highest BCUT2D eigenvalue weighted by atomic mass is 16.6. The fourth-order valence-corrected chi connectivity index (χ4v) is 1.16. The summed E-state index contributed by atoms with van der Waals surface area (Å²) in [7, 11) is 0. The van der Waals surface area contributed by atoms with Crippen molar-refractivity contribution in [1.29, 1.82) is 0 Å². The van der Waals surface area contributed by atoms with Crippen molar-refractivity contribution in [2.45, 2.75) is 32.2 Å². The molecule has 13 heavy (non-hydrogen) atoms. The Bertz CT molecular complexity index is 138. The summed E-state index contributed by atoms with van der Waals surface area (Å²) >= 11 is 0. The standard InChI is InChI=1S/C9H18O4/c1-7(2)12-6-9-5-11-4-8(3-10)13-9/h7-10H,3-6H2,1-2H3. The van der Waals surface area contributed by atoms with Gasteiger partial charge in [0.05, 0.1) is 32.5 Å². The number of hydrogen-bond donors (Lipinski definition) is 1. The molecule has 0 aromatic rings. The van der Waals surface area contributed by atoms with E-state index in [1.807, 2.05) is 13.8 Å². The van der Waals surface area contributed by atoms with E-state index in [1.165, 1.54) is 0 Å². The molecule has 1 heterocycles. The molecule has 0 aliphatic carbocycles. The molecular weight excluding hydrogens is 172 g/mol. The minimum absolute atomic E-state index is 0.0121. The lowest BCUT2D eigenvalue weighted by Crippen LogP contribution is -2.41. The number of hydrogen-bond acceptors (Lipinski definition) is 4. The van der Waals surface area contributed by atoms with Gasteiger partial charge in [0.15, 0.2) is 0 Å². The van der Waals surface area contributed by atoms with Gasteiger partial charge in [0, 0.05) is 0 Å². The number of aliphatic hydroxyl groups is 1. The maximum atomic E-state index is 8.84. The number of aliphatic hydroxyl groups excluding tert-OH is 1. The first-order valence-corrected chi connectivity index (χ1v) is 4.68. The third-order valence-electron chi connectivity index (χ3n) is 1.81. The van der Waals surface area contributed by atoms with Crippen LogP contribution in [0.4, 0.5) is 0 Å². The second-order valence-corrected chi connectivity index (χ2v) is 3.48. The van der Waals surface area contributed by atoms with E-state index in [9.17, 15) is 0 Å². The van der Waals surface area contributed by atoms with Gasteiger partial charge in [-0.15, -0.1) is 0 Å². The summed E-state index contributed by atoms with van der Waals surface area (Å²) < 4.78 is 16.1. The van der Waals surface area contributed by atoms with Crippen LogP contribution >= 0.6 is 0 Å². The van der Waals surface area contributed by atoms with E-state index in [-0.39, 0.29) is 24.9 Å². The normalized spacial score (nSPS) is 29.5. The molecule has 1 aliphatic rings. The second-order valence-electron chi connectivity index (χ2n) is 3.48. The van der Waals surface area contributed by atoms with Gasteiger partial charge in [0.2, 0.25) is 0 Å². The van der Waals surface area contributed by atoms with Crippen LogP contribution in [0.3, 0.4) is 0 Å². The highest BCUT2D eigenvalue weighted by Crippen LogP contribution is 2.08. The molecule has 0 bridgehead atoms. The zero-order chi connectivity index (χ0) is 9.68. The lowest BCUT2D eigenvalue weighted by atomic mass is 10.3. The van der Waals surface area contributed by atoms with Gasteiger partial charge in [0.1, 0.15) is 12.2 Å². The third kappa shape index (κ3) is 4.04. The largest absolute Gasteiger partial charge is 0.394 e. The van der Waals surface area contributed by atoms with Gasteiger partial charge in [-0.25, -0.2) is 0 Å². The summed E-state index contributed by atoms with van der Waals surface area (Å²) in [6.45, 7) is 5.55. The molecule has 4 heteroatoms. The van der Waals surface area contributed by atoms with Crippen molar-refractivity contribution in [3.05, 3.63) is 0 Å². The predicted molar refractivity (Wildman–Crippen MR) is 47.7 cm³/mol. The van der Waals surface area contributed by atoms with Crippen LogP contribution in [0.25, 0.3) is 0 Å². The molecule has 0 spiro atoms. The molecular formula is C9H18O4. The zero-order valence-electron chi connectivity index (χ0n) is 8.23. The Hall–Kier alpha value is -0.160. The molecule has 1 N–H and O–H groups in total. The first kappa shape index (κ1) is 10.9. The van der Waals surface area contributed by atoms with E-state index < -0.39 is 0 Å². The number of ether oxygens (including phenoxy) is 3. The molecule has 1 fully saturated rings. The van der Waals surface area contributed by atoms with Crippen molar-refractivity contribution in [2.75, 3.05) is 26.4 Å². The molecule has 1 rings (SSSR count). The van der Waals surface area contributed by atoms with Crippen molar-refractivity contribution >= 4 is 0 Å². The quantitative estimate of drug-likeness (QED) is 0.687. The molecule has 1 aliphatic heterocycles. The summed E-state index contributed by atoms with van der Waals surface area (Å²) in [5, 5.41) is 8.84. The van der Waals surface area contributed by atoms with Crippen molar-refractivity contribution in [3.8, 4) is 0 Å². The van der Waals surface area contributed by atoms with Crippen LogP contribution < -0.4 is 0 Å². The van der Waals surface area contributed by atoms with Gasteiger partial charge >= 0.3 is 0 Å². The molecule has 0 aromatic carbocycles. The lowest BCUT2D eigenvalue weighted by Gasteiger charge is -2.29. The second kappa shape index (κ2) is 5.54. The van der Waals surface area contributed by atoms with Crippen molar-refractivity contribution in [3.63, 3.8) is 0 Å². The maximum absolute atomic E-state index is 8.84. The van der Waals surface area contributed by atoms with Crippen LogP contribution in [0, 0.1) is 0 Å². The van der Waals surface area contributed by atoms with E-state index in [4.69, 9.17) is 19.3 Å². The fraction of sp³-hybridized carbons (Fsp3) is 1.00. The van der Waals surface area contributed by atoms with Crippen molar-refractivity contribution in [2.24, 2.45) is 0 Å². The summed E-state index contributed by atoms with van der Waals surface area (Å²) in [4.78, 5) is 0. The zero-order valence-corrected chi connectivity index (χ0v) is 8.23. The van der Waals surface area contributed by atoms with Gasteiger partial charge < -0.3 is 19.3 Å². The van der Waals surface area contributed by atoms with Crippen LogP contribution in [-0.2, 0) is 14.2 Å². The average Bonchev–Trinajstić information content (AvgIpc) is 2.15. The van der Waals surface area contributed by atoms with Gasteiger partial charge in [-0.2, -0.15) is 0 Å². The average molecular weight is 190 g/mol. The van der Waals surface area contributed by atoms with E-state index in [1.54, 1.807) is 0 Å². The smallest absolute Gasteiger partial charge is 0.105 e. The maximum Gasteiger partial charge on any atom is 0.105 e. The molecule has 2 atom stereocenters. The van der Waals surface area contributed by atoms with Crippen LogP contribution in [0.2, 0.25) is 0 Å². The summed E-state index contributed by atoms with van der Waals surface area (Å²) in [6.07, 6.45) is -0.0130. The molecule has 78 valence electrons. The molecule has 0 saturated carbocycles. The Balaban J connectivity index is 2.18. The molecule has 0 radical (unpaired) electrons. The first-order chi connectivity index (χ1) is 6.22. The number of rotatable bonds is 4. The summed E-state index contributed by atoms with van der Waals surface area (Å²) in [5.41, 5.74) is 0. The highest BCUT2D eigenvalue weighted by Gasteiger charge is 2.22. The Morgan fingerprint density at radius 2 is 2.08 bits per heavy atom. The SMILES string of the molecule is CC(C)OCC1COCC(CO)O1. The molecule has 2 unspecified atom stereocenters. The van der Waals surface area contributed by atoms with E-state index >= 15 is 0 Å². The van der Waals surface area contributed by atoms with Crippen LogP contribution in [-0.4, -0.2) is 49.8 Å². The highest BCUT2D eigenvalue weighted by molar-refractivity contribution is 4.67. The van der Waals surface area contributed by atoms with Gasteiger partial charge in [-0.3, -0.25) is 0 Å². The third-order valence-corrected chi connectivity index (χ3v) is 1.81. The van der Waals surface area contributed by atoms with E-state index in [0.29, 0.717) is 19.8 Å². The van der Waals surface area contributed by atoms with Gasteiger partial charge in [0.25, 0.3) is 0 Å². The Labute approximate surface area is 78.8 Å². The van der Waals surface area contributed by atoms with Gasteiger partial charge in [-0.05, 0) is 13.8 Å².